The Balaban J connectivity index is 1.96. The second-order valence-electron chi connectivity index (χ2n) is 6.36. The maximum Gasteiger partial charge on any atom is 0.166 e. The van der Waals surface area contributed by atoms with E-state index in [-0.39, 0.29) is 6.04 Å². The fourth-order valence-corrected chi connectivity index (χ4v) is 2.99. The second-order valence-corrected chi connectivity index (χ2v) is 6.77. The minimum Gasteiger partial charge on any atom is -0.363 e. The minimum absolute atomic E-state index is 0.249. The molecule has 1 unspecified atom stereocenters. The van der Waals surface area contributed by atoms with E-state index in [4.69, 9.17) is 12.2 Å². The Bertz CT molecular complexity index is 405. The third-order valence-electron chi connectivity index (χ3n) is 4.21. The van der Waals surface area contributed by atoms with Crippen LogP contribution in [0.2, 0.25) is 0 Å². The van der Waals surface area contributed by atoms with E-state index < -0.39 is 0 Å². The van der Waals surface area contributed by atoms with Crippen LogP contribution in [0.15, 0.2) is 30.3 Å². The molecule has 0 aliphatic carbocycles. The molecule has 1 atom stereocenters. The van der Waals surface area contributed by atoms with Gasteiger partial charge < -0.3 is 10.6 Å². The lowest BCUT2D eigenvalue weighted by Gasteiger charge is -2.17. The van der Waals surface area contributed by atoms with Crippen molar-refractivity contribution in [3.8, 4) is 0 Å². The summed E-state index contributed by atoms with van der Waals surface area (Å²) in [5.41, 5.74) is 1.26. The van der Waals surface area contributed by atoms with E-state index in [1.807, 2.05) is 6.07 Å². The van der Waals surface area contributed by atoms with Gasteiger partial charge in [0.1, 0.15) is 0 Å². The molecule has 23 heavy (non-hydrogen) atoms. The Morgan fingerprint density at radius 3 is 2.09 bits per heavy atom. The van der Waals surface area contributed by atoms with Crippen LogP contribution in [0.25, 0.3) is 0 Å². The van der Waals surface area contributed by atoms with Gasteiger partial charge in [0.25, 0.3) is 0 Å². The van der Waals surface area contributed by atoms with Gasteiger partial charge in [0.2, 0.25) is 0 Å². The van der Waals surface area contributed by atoms with Crippen molar-refractivity contribution in [1.82, 2.24) is 10.6 Å². The van der Waals surface area contributed by atoms with E-state index in [0.717, 1.165) is 11.7 Å². The quantitative estimate of drug-likeness (QED) is 0.376. The average Bonchev–Trinajstić information content (AvgIpc) is 2.57. The Morgan fingerprint density at radius 1 is 0.913 bits per heavy atom. The highest BCUT2D eigenvalue weighted by Gasteiger charge is 2.05. The zero-order chi connectivity index (χ0) is 16.8. The van der Waals surface area contributed by atoms with E-state index in [2.05, 4.69) is 48.7 Å². The van der Waals surface area contributed by atoms with Crippen LogP contribution in [0, 0.1) is 0 Å². The predicted molar refractivity (Wildman–Crippen MR) is 106 cm³/mol. The van der Waals surface area contributed by atoms with Crippen molar-refractivity contribution in [1.29, 1.82) is 0 Å². The molecule has 1 aromatic carbocycles. The van der Waals surface area contributed by atoms with Crippen molar-refractivity contribution in [2.75, 3.05) is 6.54 Å². The largest absolute Gasteiger partial charge is 0.363 e. The van der Waals surface area contributed by atoms with Gasteiger partial charge in [0, 0.05) is 6.54 Å². The van der Waals surface area contributed by atoms with Gasteiger partial charge in [-0.05, 0) is 31.1 Å². The van der Waals surface area contributed by atoms with Crippen LogP contribution in [0.1, 0.15) is 83.2 Å². The average molecular weight is 335 g/mol. The highest BCUT2D eigenvalue weighted by atomic mass is 32.1. The van der Waals surface area contributed by atoms with Crippen LogP contribution in [0.3, 0.4) is 0 Å². The Hall–Kier alpha value is -1.09. The number of rotatable bonds is 12. The molecule has 0 saturated carbocycles. The van der Waals surface area contributed by atoms with E-state index in [1.165, 1.54) is 63.4 Å². The molecule has 130 valence electrons. The summed E-state index contributed by atoms with van der Waals surface area (Å²) in [5, 5.41) is 7.43. The van der Waals surface area contributed by atoms with Crippen molar-refractivity contribution in [2.24, 2.45) is 0 Å². The Kier molecular flexibility index (Phi) is 11.6. The lowest BCUT2D eigenvalue weighted by molar-refractivity contribution is 0.561. The maximum atomic E-state index is 5.37. The molecule has 1 rings (SSSR count). The SMILES string of the molecule is CCCCCCCCCCCNC(=S)NC(C)c1ccccc1. The van der Waals surface area contributed by atoms with Crippen LogP contribution in [-0.4, -0.2) is 11.7 Å². The Morgan fingerprint density at radius 2 is 1.48 bits per heavy atom. The second kappa shape index (κ2) is 13.4. The summed E-state index contributed by atoms with van der Waals surface area (Å²) in [7, 11) is 0. The summed E-state index contributed by atoms with van der Waals surface area (Å²) in [6.07, 6.45) is 12.2. The van der Waals surface area contributed by atoms with Crippen molar-refractivity contribution in [3.05, 3.63) is 35.9 Å². The first kappa shape index (κ1) is 20.0. The maximum absolute atomic E-state index is 5.37. The van der Waals surface area contributed by atoms with Crippen LogP contribution in [0.5, 0.6) is 0 Å². The fraction of sp³-hybridized carbons (Fsp3) is 0.650. The molecule has 0 bridgehead atoms. The fourth-order valence-electron chi connectivity index (χ4n) is 2.71. The summed E-state index contributed by atoms with van der Waals surface area (Å²) in [4.78, 5) is 0. The summed E-state index contributed by atoms with van der Waals surface area (Å²) in [5.74, 6) is 0. The van der Waals surface area contributed by atoms with Gasteiger partial charge >= 0.3 is 0 Å². The number of nitrogens with one attached hydrogen (secondary N) is 2. The van der Waals surface area contributed by atoms with Gasteiger partial charge in [-0.25, -0.2) is 0 Å². The van der Waals surface area contributed by atoms with Gasteiger partial charge in [0.15, 0.2) is 5.11 Å². The number of thiocarbonyl (C=S) groups is 1. The summed E-state index contributed by atoms with van der Waals surface area (Å²) in [6.45, 7) is 5.39. The molecular weight excluding hydrogens is 300 g/mol. The molecule has 3 heteroatoms. The third-order valence-corrected chi connectivity index (χ3v) is 4.48. The summed E-state index contributed by atoms with van der Waals surface area (Å²) in [6, 6.07) is 10.7. The smallest absolute Gasteiger partial charge is 0.166 e. The highest BCUT2D eigenvalue weighted by molar-refractivity contribution is 7.80. The third kappa shape index (κ3) is 10.3. The topological polar surface area (TPSA) is 24.1 Å². The van der Waals surface area contributed by atoms with Gasteiger partial charge in [-0.15, -0.1) is 0 Å². The standard InChI is InChI=1S/C20H34N2S/c1-3-4-5-6-7-8-9-10-14-17-21-20(23)22-18(2)19-15-12-11-13-16-19/h11-13,15-16,18H,3-10,14,17H2,1-2H3,(H2,21,22,23). The first-order valence-corrected chi connectivity index (χ1v) is 9.74. The van der Waals surface area contributed by atoms with Gasteiger partial charge in [-0.2, -0.15) is 0 Å². The lowest BCUT2D eigenvalue weighted by atomic mass is 10.1. The zero-order valence-corrected chi connectivity index (χ0v) is 15.8. The van der Waals surface area contributed by atoms with Gasteiger partial charge in [0.05, 0.1) is 6.04 Å². The molecule has 2 nitrogen and oxygen atoms in total. The lowest BCUT2D eigenvalue weighted by Crippen LogP contribution is -2.37. The molecule has 1 aromatic rings. The minimum atomic E-state index is 0.249. The summed E-state index contributed by atoms with van der Waals surface area (Å²) >= 11 is 5.37. The Labute approximate surface area is 148 Å². The number of unbranched alkanes of at least 4 members (excludes halogenated alkanes) is 8. The first-order chi connectivity index (χ1) is 11.2. The van der Waals surface area contributed by atoms with Gasteiger partial charge in [-0.3, -0.25) is 0 Å². The van der Waals surface area contributed by atoms with Crippen molar-refractivity contribution in [2.45, 2.75) is 77.7 Å². The normalized spacial score (nSPS) is 11.9. The van der Waals surface area contributed by atoms with Crippen molar-refractivity contribution in [3.63, 3.8) is 0 Å². The number of hydrogen-bond acceptors (Lipinski definition) is 1. The molecular formula is C20H34N2S. The molecule has 0 amide bonds. The molecule has 0 radical (unpaired) electrons. The monoisotopic (exact) mass is 334 g/mol. The molecule has 0 heterocycles. The van der Waals surface area contributed by atoms with E-state index >= 15 is 0 Å². The summed E-state index contributed by atoms with van der Waals surface area (Å²) < 4.78 is 0. The molecule has 0 aromatic heterocycles. The molecule has 0 aliphatic heterocycles. The highest BCUT2D eigenvalue weighted by Crippen LogP contribution is 2.11. The van der Waals surface area contributed by atoms with Crippen molar-refractivity contribution < 1.29 is 0 Å². The van der Waals surface area contributed by atoms with Crippen LogP contribution in [0.4, 0.5) is 0 Å². The van der Waals surface area contributed by atoms with Gasteiger partial charge in [-0.1, -0.05) is 88.6 Å². The van der Waals surface area contributed by atoms with Crippen LogP contribution < -0.4 is 10.6 Å². The molecule has 0 fully saturated rings. The molecule has 0 spiro atoms. The predicted octanol–water partition coefficient (Wildman–Crippen LogP) is 5.74. The molecule has 2 N–H and O–H groups in total. The van der Waals surface area contributed by atoms with E-state index in [1.54, 1.807) is 0 Å². The first-order valence-electron chi connectivity index (χ1n) is 9.33. The van der Waals surface area contributed by atoms with Crippen molar-refractivity contribution >= 4 is 17.3 Å². The zero-order valence-electron chi connectivity index (χ0n) is 14.9. The van der Waals surface area contributed by atoms with Crippen LogP contribution >= 0.6 is 12.2 Å². The van der Waals surface area contributed by atoms with Crippen LogP contribution in [-0.2, 0) is 0 Å². The number of hydrogen-bond donors (Lipinski definition) is 2. The molecule has 0 saturated heterocycles. The van der Waals surface area contributed by atoms with E-state index in [9.17, 15) is 0 Å². The number of benzene rings is 1. The van der Waals surface area contributed by atoms with E-state index in [0.29, 0.717) is 0 Å². The molecule has 0 aliphatic rings.